The molecule has 0 bridgehead atoms. The lowest BCUT2D eigenvalue weighted by Crippen LogP contribution is -2.82. The molecule has 0 N–H and O–H groups in total. The van der Waals surface area contributed by atoms with Gasteiger partial charge in [0, 0.05) is 0 Å². The molecule has 15 heteroatoms. The summed E-state index contributed by atoms with van der Waals surface area (Å²) in [5, 5.41) is 0. The standard InChI is InChI=1S/C8F12O3/c9-1-2(10)22-6(21-1)3(11,12)4(13,14)8(19,20)23-5(6,15)7(16,17)18. The Bertz CT molecular complexity index is 551. The van der Waals surface area contributed by atoms with Crippen molar-refractivity contribution in [2.45, 2.75) is 35.8 Å². The number of rotatable bonds is 0. The van der Waals surface area contributed by atoms with Gasteiger partial charge >= 0.3 is 47.8 Å². The fourth-order valence-electron chi connectivity index (χ4n) is 1.76. The Balaban J connectivity index is 2.78. The van der Waals surface area contributed by atoms with Gasteiger partial charge < -0.3 is 9.47 Å². The van der Waals surface area contributed by atoms with E-state index in [1.807, 2.05) is 0 Å². The molecule has 1 fully saturated rings. The van der Waals surface area contributed by atoms with E-state index in [9.17, 15) is 52.7 Å². The summed E-state index contributed by atoms with van der Waals surface area (Å²) in [4.78, 5) is 0. The molecule has 2 heterocycles. The summed E-state index contributed by atoms with van der Waals surface area (Å²) in [6, 6.07) is -6.22. The highest BCUT2D eigenvalue weighted by atomic mass is 19.4. The molecule has 1 spiro atoms. The molecule has 1 unspecified atom stereocenters. The van der Waals surface area contributed by atoms with Crippen LogP contribution < -0.4 is 0 Å². The molecule has 0 aliphatic carbocycles. The van der Waals surface area contributed by atoms with Gasteiger partial charge in [-0.05, 0) is 0 Å². The zero-order valence-electron chi connectivity index (χ0n) is 9.76. The van der Waals surface area contributed by atoms with E-state index in [1.54, 1.807) is 0 Å². The minimum Gasteiger partial charge on any atom is -0.412 e. The van der Waals surface area contributed by atoms with E-state index in [0.29, 0.717) is 0 Å². The zero-order chi connectivity index (χ0) is 18.3. The van der Waals surface area contributed by atoms with Gasteiger partial charge in [-0.1, -0.05) is 0 Å². The predicted molar refractivity (Wildman–Crippen MR) is 40.0 cm³/mol. The van der Waals surface area contributed by atoms with Gasteiger partial charge in [0.05, 0.1) is 0 Å². The fraction of sp³-hybridized carbons (Fsp3) is 0.750. The Labute approximate surface area is 116 Å². The molecule has 0 aromatic rings. The van der Waals surface area contributed by atoms with E-state index in [-0.39, 0.29) is 0 Å². The van der Waals surface area contributed by atoms with Crippen LogP contribution in [0.5, 0.6) is 0 Å². The first-order chi connectivity index (χ1) is 9.97. The second-order valence-electron chi connectivity index (χ2n) is 4.23. The second kappa shape index (κ2) is 4.10. The summed E-state index contributed by atoms with van der Waals surface area (Å²) in [7, 11) is 0. The predicted octanol–water partition coefficient (Wildman–Crippen LogP) is 3.92. The summed E-state index contributed by atoms with van der Waals surface area (Å²) >= 11 is 0. The smallest absolute Gasteiger partial charge is 0.412 e. The van der Waals surface area contributed by atoms with Crippen molar-refractivity contribution in [3.8, 4) is 0 Å². The molecule has 1 atom stereocenters. The van der Waals surface area contributed by atoms with Crippen molar-refractivity contribution in [1.29, 1.82) is 0 Å². The topological polar surface area (TPSA) is 27.7 Å². The first kappa shape index (κ1) is 17.8. The third kappa shape index (κ3) is 1.73. The van der Waals surface area contributed by atoms with E-state index >= 15 is 0 Å². The molecule has 3 nitrogen and oxygen atoms in total. The lowest BCUT2D eigenvalue weighted by atomic mass is 9.89. The number of hydrogen-bond donors (Lipinski definition) is 0. The molecule has 0 amide bonds. The average Bonchev–Trinajstić information content (AvgIpc) is 2.63. The van der Waals surface area contributed by atoms with Crippen LogP contribution in [0.2, 0.25) is 0 Å². The Kier molecular flexibility index (Phi) is 3.18. The SMILES string of the molecule is FC1=C(F)OC2(O1)C(F)(F)C(F)(F)C(F)(F)OC2(F)C(F)(F)F. The van der Waals surface area contributed by atoms with E-state index in [4.69, 9.17) is 0 Å². The zero-order valence-corrected chi connectivity index (χ0v) is 9.76. The molecular formula is C8F12O3. The number of alkyl halides is 10. The average molecular weight is 372 g/mol. The Morgan fingerprint density at radius 2 is 1.09 bits per heavy atom. The first-order valence-corrected chi connectivity index (χ1v) is 4.99. The quantitative estimate of drug-likeness (QED) is 0.604. The second-order valence-corrected chi connectivity index (χ2v) is 4.23. The van der Waals surface area contributed by atoms with Crippen molar-refractivity contribution < 1.29 is 66.9 Å². The minimum absolute atomic E-state index is 2.15. The summed E-state index contributed by atoms with van der Waals surface area (Å²) in [5.41, 5.74) is 0. The minimum atomic E-state index is -6.96. The van der Waals surface area contributed by atoms with E-state index in [0.717, 1.165) is 0 Å². The summed E-state index contributed by atoms with van der Waals surface area (Å²) < 4.78 is 164. The van der Waals surface area contributed by atoms with Gasteiger partial charge in [-0.2, -0.15) is 52.7 Å². The fourth-order valence-corrected chi connectivity index (χ4v) is 1.76. The molecule has 0 aromatic carbocycles. The van der Waals surface area contributed by atoms with Gasteiger partial charge in [0.1, 0.15) is 0 Å². The van der Waals surface area contributed by atoms with E-state index < -0.39 is 47.8 Å². The van der Waals surface area contributed by atoms with Crippen LogP contribution in [0.15, 0.2) is 12.0 Å². The molecule has 0 saturated carbocycles. The maximum atomic E-state index is 13.9. The molecule has 134 valence electrons. The van der Waals surface area contributed by atoms with Crippen molar-refractivity contribution in [2.24, 2.45) is 0 Å². The van der Waals surface area contributed by atoms with Crippen LogP contribution in [0, 0.1) is 0 Å². The van der Waals surface area contributed by atoms with Gasteiger partial charge in [-0.15, -0.1) is 0 Å². The van der Waals surface area contributed by atoms with Crippen LogP contribution in [-0.4, -0.2) is 35.8 Å². The first-order valence-electron chi connectivity index (χ1n) is 4.99. The highest BCUT2D eigenvalue weighted by molar-refractivity contribution is 5.19. The highest BCUT2D eigenvalue weighted by Gasteiger charge is 2.99. The number of ether oxygens (including phenoxy) is 3. The Morgan fingerprint density at radius 3 is 1.43 bits per heavy atom. The van der Waals surface area contributed by atoms with Crippen molar-refractivity contribution in [3.05, 3.63) is 12.0 Å². The van der Waals surface area contributed by atoms with Crippen molar-refractivity contribution in [1.82, 2.24) is 0 Å². The Hall–Kier alpha value is -1.54. The van der Waals surface area contributed by atoms with E-state index in [2.05, 4.69) is 14.2 Å². The van der Waals surface area contributed by atoms with Crippen LogP contribution >= 0.6 is 0 Å². The monoisotopic (exact) mass is 372 g/mol. The molecule has 2 aliphatic heterocycles. The largest absolute Gasteiger partial charge is 0.457 e. The molecular weight excluding hydrogens is 372 g/mol. The van der Waals surface area contributed by atoms with Gasteiger partial charge in [-0.3, -0.25) is 4.74 Å². The summed E-state index contributed by atoms with van der Waals surface area (Å²) in [5.74, 6) is -26.4. The normalized spacial score (nSPS) is 34.3. The maximum Gasteiger partial charge on any atom is 0.457 e. The van der Waals surface area contributed by atoms with Gasteiger partial charge in [0.15, 0.2) is 0 Å². The van der Waals surface area contributed by atoms with E-state index in [1.165, 1.54) is 0 Å². The molecule has 23 heavy (non-hydrogen) atoms. The highest BCUT2D eigenvalue weighted by Crippen LogP contribution is 2.67. The lowest BCUT2D eigenvalue weighted by Gasteiger charge is -2.51. The molecule has 2 rings (SSSR count). The summed E-state index contributed by atoms with van der Waals surface area (Å²) in [6.45, 7) is 0. The van der Waals surface area contributed by atoms with Crippen LogP contribution in [0.1, 0.15) is 0 Å². The van der Waals surface area contributed by atoms with Crippen LogP contribution in [-0.2, 0) is 14.2 Å². The third-order valence-electron chi connectivity index (χ3n) is 2.85. The van der Waals surface area contributed by atoms with Crippen molar-refractivity contribution in [2.75, 3.05) is 0 Å². The van der Waals surface area contributed by atoms with Crippen LogP contribution in [0.25, 0.3) is 0 Å². The molecule has 0 radical (unpaired) electrons. The van der Waals surface area contributed by atoms with Crippen LogP contribution in [0.3, 0.4) is 0 Å². The molecule has 0 aromatic heterocycles. The third-order valence-corrected chi connectivity index (χ3v) is 2.85. The Morgan fingerprint density at radius 1 is 0.696 bits per heavy atom. The lowest BCUT2D eigenvalue weighted by molar-refractivity contribution is -0.587. The molecule has 2 aliphatic rings. The van der Waals surface area contributed by atoms with Crippen LogP contribution in [0.4, 0.5) is 52.7 Å². The van der Waals surface area contributed by atoms with Gasteiger partial charge in [-0.25, -0.2) is 0 Å². The summed E-state index contributed by atoms with van der Waals surface area (Å²) in [6.07, 6.45) is -13.7. The van der Waals surface area contributed by atoms with Crippen molar-refractivity contribution >= 4 is 0 Å². The van der Waals surface area contributed by atoms with Gasteiger partial charge in [0.2, 0.25) is 0 Å². The number of hydrogen-bond acceptors (Lipinski definition) is 3. The van der Waals surface area contributed by atoms with Gasteiger partial charge in [0.25, 0.3) is 0 Å². The molecule has 1 saturated heterocycles. The maximum absolute atomic E-state index is 13.9. The van der Waals surface area contributed by atoms with Crippen molar-refractivity contribution in [3.63, 3.8) is 0 Å². The number of halogens is 12.